The zero-order chi connectivity index (χ0) is 15.4. The third-order valence-corrected chi connectivity index (χ3v) is 5.00. The van der Waals surface area contributed by atoms with Crippen molar-refractivity contribution < 1.29 is 9.53 Å². The number of hydrogen-bond acceptors (Lipinski definition) is 4. The fraction of sp³-hybridized carbons (Fsp3) is 0.733. The van der Waals surface area contributed by atoms with Gasteiger partial charge in [0.25, 0.3) is 0 Å². The van der Waals surface area contributed by atoms with Gasteiger partial charge in [0.05, 0.1) is 28.4 Å². The van der Waals surface area contributed by atoms with Crippen LogP contribution in [-0.4, -0.2) is 40.3 Å². The second-order valence-electron chi connectivity index (χ2n) is 5.49. The molecule has 1 aromatic rings. The molecule has 118 valence electrons. The lowest BCUT2D eigenvalue weighted by Gasteiger charge is -2.30. The lowest BCUT2D eigenvalue weighted by atomic mass is 9.97. The van der Waals surface area contributed by atoms with E-state index in [1.807, 2.05) is 18.7 Å². The second kappa shape index (κ2) is 7.40. The van der Waals surface area contributed by atoms with E-state index in [-0.39, 0.29) is 11.9 Å². The highest BCUT2D eigenvalue weighted by atomic mass is 79.9. The number of aromatic nitrogens is 2. The molecule has 0 spiro atoms. The number of rotatable bonds is 5. The summed E-state index contributed by atoms with van der Waals surface area (Å²) in [7, 11) is 1.99. The van der Waals surface area contributed by atoms with Gasteiger partial charge in [-0.1, -0.05) is 6.92 Å². The Kier molecular flexibility index (Phi) is 5.81. The van der Waals surface area contributed by atoms with E-state index >= 15 is 0 Å². The second-order valence-corrected chi connectivity index (χ2v) is 6.28. The Bertz CT molecular complexity index is 493. The zero-order valence-electron chi connectivity index (χ0n) is 13.1. The fourth-order valence-corrected chi connectivity index (χ4v) is 3.53. The lowest BCUT2D eigenvalue weighted by Crippen LogP contribution is -2.37. The average molecular weight is 358 g/mol. The molecular formula is C15H24BrN3O2. The van der Waals surface area contributed by atoms with Gasteiger partial charge in [-0.15, -0.1) is 0 Å². The third kappa shape index (κ3) is 3.86. The van der Waals surface area contributed by atoms with E-state index in [9.17, 15) is 4.79 Å². The van der Waals surface area contributed by atoms with E-state index < -0.39 is 0 Å². The third-order valence-electron chi connectivity index (χ3n) is 4.08. The first-order chi connectivity index (χ1) is 10.1. The highest BCUT2D eigenvalue weighted by Gasteiger charge is 2.27. The van der Waals surface area contributed by atoms with Crippen molar-refractivity contribution in [2.24, 2.45) is 13.0 Å². The van der Waals surface area contributed by atoms with Gasteiger partial charge in [-0.05, 0) is 55.2 Å². The molecule has 2 heterocycles. The molecule has 1 aromatic heterocycles. The number of likely N-dealkylation sites (tertiary alicyclic amines) is 1. The summed E-state index contributed by atoms with van der Waals surface area (Å²) in [5.74, 6) is 0.0366. The number of nitrogens with zero attached hydrogens (tertiary/aromatic N) is 3. The van der Waals surface area contributed by atoms with Crippen LogP contribution in [0.2, 0.25) is 0 Å². The molecule has 21 heavy (non-hydrogen) atoms. The first-order valence-corrected chi connectivity index (χ1v) is 8.45. The molecule has 1 fully saturated rings. The van der Waals surface area contributed by atoms with Crippen LogP contribution < -0.4 is 0 Å². The SMILES string of the molecule is CCOC(=O)C1CCN(Cc2c(Br)c(CC)nn2C)CC1. The molecule has 1 aliphatic heterocycles. The van der Waals surface area contributed by atoms with Crippen LogP contribution in [0.5, 0.6) is 0 Å². The fourth-order valence-electron chi connectivity index (χ4n) is 2.79. The van der Waals surface area contributed by atoms with Gasteiger partial charge < -0.3 is 4.74 Å². The van der Waals surface area contributed by atoms with E-state index in [2.05, 4.69) is 32.9 Å². The minimum atomic E-state index is -0.0351. The normalized spacial score (nSPS) is 17.1. The van der Waals surface area contributed by atoms with Gasteiger partial charge in [-0.3, -0.25) is 14.4 Å². The molecule has 0 saturated carbocycles. The summed E-state index contributed by atoms with van der Waals surface area (Å²) in [6.07, 6.45) is 2.70. The maximum absolute atomic E-state index is 11.8. The predicted octanol–water partition coefficient (Wildman–Crippen LogP) is 2.52. The molecule has 0 N–H and O–H groups in total. The zero-order valence-corrected chi connectivity index (χ0v) is 14.6. The Hall–Kier alpha value is -0.880. The van der Waals surface area contributed by atoms with E-state index in [1.54, 1.807) is 0 Å². The van der Waals surface area contributed by atoms with Gasteiger partial charge >= 0.3 is 5.97 Å². The maximum atomic E-state index is 11.8. The number of ether oxygens (including phenoxy) is 1. The van der Waals surface area contributed by atoms with Crippen molar-refractivity contribution in [3.05, 3.63) is 15.9 Å². The van der Waals surface area contributed by atoms with Crippen LogP contribution in [0.3, 0.4) is 0 Å². The Morgan fingerprint density at radius 2 is 2.05 bits per heavy atom. The molecule has 0 aromatic carbocycles. The van der Waals surface area contributed by atoms with Crippen molar-refractivity contribution >= 4 is 21.9 Å². The smallest absolute Gasteiger partial charge is 0.309 e. The lowest BCUT2D eigenvalue weighted by molar-refractivity contribution is -0.149. The van der Waals surface area contributed by atoms with Crippen LogP contribution in [0, 0.1) is 5.92 Å². The van der Waals surface area contributed by atoms with Crippen molar-refractivity contribution in [1.29, 1.82) is 0 Å². The molecule has 1 saturated heterocycles. The van der Waals surface area contributed by atoms with Gasteiger partial charge in [-0.2, -0.15) is 5.10 Å². The minimum Gasteiger partial charge on any atom is -0.466 e. The van der Waals surface area contributed by atoms with E-state index in [1.165, 1.54) is 5.69 Å². The molecule has 0 radical (unpaired) electrons. The summed E-state index contributed by atoms with van der Waals surface area (Å²) in [5, 5.41) is 4.53. The van der Waals surface area contributed by atoms with Gasteiger partial charge in [0, 0.05) is 13.6 Å². The van der Waals surface area contributed by atoms with Gasteiger partial charge in [0.2, 0.25) is 0 Å². The number of carbonyl (C=O) groups is 1. The molecule has 0 aliphatic carbocycles. The van der Waals surface area contributed by atoms with Crippen molar-refractivity contribution in [2.45, 2.75) is 39.7 Å². The maximum Gasteiger partial charge on any atom is 0.309 e. The average Bonchev–Trinajstić information content (AvgIpc) is 2.75. The Morgan fingerprint density at radius 1 is 1.38 bits per heavy atom. The highest BCUT2D eigenvalue weighted by Crippen LogP contribution is 2.25. The topological polar surface area (TPSA) is 47.4 Å². The monoisotopic (exact) mass is 357 g/mol. The van der Waals surface area contributed by atoms with Crippen molar-refractivity contribution in [2.75, 3.05) is 19.7 Å². The van der Waals surface area contributed by atoms with Crippen molar-refractivity contribution in [3.63, 3.8) is 0 Å². The molecule has 6 heteroatoms. The number of piperidine rings is 1. The summed E-state index contributed by atoms with van der Waals surface area (Å²) in [5.41, 5.74) is 2.32. The summed E-state index contributed by atoms with van der Waals surface area (Å²) in [6, 6.07) is 0. The summed E-state index contributed by atoms with van der Waals surface area (Å²) in [4.78, 5) is 14.1. The van der Waals surface area contributed by atoms with E-state index in [0.717, 1.165) is 49.1 Å². The Labute approximate surface area is 134 Å². The molecule has 0 amide bonds. The van der Waals surface area contributed by atoms with Gasteiger partial charge in [0.1, 0.15) is 0 Å². The Balaban J connectivity index is 1.92. The molecule has 0 unspecified atom stereocenters. The number of halogens is 1. The first-order valence-electron chi connectivity index (χ1n) is 7.66. The van der Waals surface area contributed by atoms with Crippen LogP contribution in [0.4, 0.5) is 0 Å². The number of carbonyl (C=O) groups excluding carboxylic acids is 1. The van der Waals surface area contributed by atoms with Gasteiger partial charge in [-0.25, -0.2) is 0 Å². The number of esters is 1. The summed E-state index contributed by atoms with van der Waals surface area (Å²) in [6.45, 7) is 7.19. The van der Waals surface area contributed by atoms with E-state index in [0.29, 0.717) is 6.61 Å². The van der Waals surface area contributed by atoms with Crippen LogP contribution in [0.1, 0.15) is 38.1 Å². The molecule has 0 atom stereocenters. The van der Waals surface area contributed by atoms with Crippen LogP contribution in [0.25, 0.3) is 0 Å². The van der Waals surface area contributed by atoms with Crippen LogP contribution in [-0.2, 0) is 29.5 Å². The number of hydrogen-bond donors (Lipinski definition) is 0. The largest absolute Gasteiger partial charge is 0.466 e. The molecule has 2 rings (SSSR count). The van der Waals surface area contributed by atoms with Gasteiger partial charge in [0.15, 0.2) is 0 Å². The Morgan fingerprint density at radius 3 is 2.57 bits per heavy atom. The highest BCUT2D eigenvalue weighted by molar-refractivity contribution is 9.10. The van der Waals surface area contributed by atoms with E-state index in [4.69, 9.17) is 4.74 Å². The predicted molar refractivity (Wildman–Crippen MR) is 84.9 cm³/mol. The standard InChI is InChI=1S/C15H24BrN3O2/c1-4-12-14(16)13(18(3)17-12)10-19-8-6-11(7-9-19)15(20)21-5-2/h11H,4-10H2,1-3H3. The summed E-state index contributed by atoms with van der Waals surface area (Å²) >= 11 is 3.66. The first kappa shape index (κ1) is 16.5. The molecule has 1 aliphatic rings. The van der Waals surface area contributed by atoms with Crippen LogP contribution >= 0.6 is 15.9 Å². The van der Waals surface area contributed by atoms with Crippen molar-refractivity contribution in [1.82, 2.24) is 14.7 Å². The summed E-state index contributed by atoms with van der Waals surface area (Å²) < 4.78 is 8.20. The molecular weight excluding hydrogens is 334 g/mol. The molecule has 0 bridgehead atoms. The molecule has 5 nitrogen and oxygen atoms in total. The van der Waals surface area contributed by atoms with Crippen molar-refractivity contribution in [3.8, 4) is 0 Å². The quantitative estimate of drug-likeness (QED) is 0.759. The minimum absolute atomic E-state index is 0.0351. The van der Waals surface area contributed by atoms with Crippen LogP contribution in [0.15, 0.2) is 4.47 Å². The number of aryl methyl sites for hydroxylation is 2.